The molecule has 1 aromatic heterocycles. The van der Waals surface area contributed by atoms with Crippen molar-refractivity contribution in [3.05, 3.63) is 57.5 Å². The molecule has 0 radical (unpaired) electrons. The second-order valence-corrected chi connectivity index (χ2v) is 7.01. The zero-order valence-corrected chi connectivity index (χ0v) is 15.6. The van der Waals surface area contributed by atoms with Crippen molar-refractivity contribution in [2.24, 2.45) is 0 Å². The van der Waals surface area contributed by atoms with E-state index in [0.717, 1.165) is 18.8 Å². The topological polar surface area (TPSA) is 84.8 Å². The molecule has 0 aliphatic carbocycles. The van der Waals surface area contributed by atoms with E-state index in [1.807, 2.05) is 12.1 Å². The summed E-state index contributed by atoms with van der Waals surface area (Å²) < 4.78 is 5.60. The van der Waals surface area contributed by atoms with E-state index in [1.54, 1.807) is 6.26 Å². The van der Waals surface area contributed by atoms with Crippen LogP contribution in [0.5, 0.6) is 0 Å². The zero-order valence-electron chi connectivity index (χ0n) is 14.0. The Labute approximate surface area is 161 Å². The predicted octanol–water partition coefficient (Wildman–Crippen LogP) is 2.55. The fraction of sp³-hybridized carbons (Fsp3) is 0.353. The van der Waals surface area contributed by atoms with Gasteiger partial charge in [-0.25, -0.2) is 0 Å². The lowest BCUT2D eigenvalue weighted by Gasteiger charge is -2.24. The summed E-state index contributed by atoms with van der Waals surface area (Å²) in [4.78, 5) is 11.9. The first-order valence-electron chi connectivity index (χ1n) is 8.41. The molecule has 9 heteroatoms. The summed E-state index contributed by atoms with van der Waals surface area (Å²) in [6.45, 7) is 2.80. The van der Waals surface area contributed by atoms with E-state index in [4.69, 9.17) is 28.2 Å². The van der Waals surface area contributed by atoms with Crippen LogP contribution in [0.15, 0.2) is 41.0 Å². The van der Waals surface area contributed by atoms with Gasteiger partial charge in [-0.05, 0) is 30.4 Å². The number of rotatable bonds is 6. The molecule has 1 saturated heterocycles. The van der Waals surface area contributed by atoms with E-state index in [0.29, 0.717) is 22.4 Å². The number of nitro groups is 1. The molecule has 3 N–H and O–H groups in total. The number of halogens is 1. The fourth-order valence-corrected chi connectivity index (χ4v) is 3.56. The Hall–Kier alpha value is -2.16. The third-order valence-corrected chi connectivity index (χ3v) is 5.08. The summed E-state index contributed by atoms with van der Waals surface area (Å²) in [5, 5.41) is 17.8. The Morgan fingerprint density at radius 2 is 2.15 bits per heavy atom. The van der Waals surface area contributed by atoms with Crippen LogP contribution in [0.25, 0.3) is 0 Å². The van der Waals surface area contributed by atoms with Crippen LogP contribution in [-0.2, 0) is 0 Å². The largest absolute Gasteiger partial charge is 0.463 e. The van der Waals surface area contributed by atoms with Gasteiger partial charge in [-0.3, -0.25) is 10.1 Å². The van der Waals surface area contributed by atoms with Gasteiger partial charge in [-0.15, -0.1) is 0 Å². The minimum absolute atomic E-state index is 0.0466. The monoisotopic (exact) mass is 395 g/mol. The van der Waals surface area contributed by atoms with Gasteiger partial charge in [-0.2, -0.15) is 0 Å². The number of furan rings is 1. The van der Waals surface area contributed by atoms with Crippen LogP contribution < -0.4 is 15.5 Å². The predicted molar refractivity (Wildman–Crippen MR) is 104 cm³/mol. The number of hydrogen-bond donors (Lipinski definition) is 3. The van der Waals surface area contributed by atoms with Gasteiger partial charge in [0.2, 0.25) is 0 Å². The lowest BCUT2D eigenvalue weighted by atomic mass is 10.2. The molecule has 1 fully saturated rings. The Bertz CT molecular complexity index is 778. The van der Waals surface area contributed by atoms with Gasteiger partial charge in [0, 0.05) is 25.0 Å². The van der Waals surface area contributed by atoms with Gasteiger partial charge in [0.15, 0.2) is 16.9 Å². The highest BCUT2D eigenvalue weighted by molar-refractivity contribution is 7.80. The number of benzene rings is 1. The van der Waals surface area contributed by atoms with Crippen molar-refractivity contribution in [1.29, 1.82) is 0 Å². The van der Waals surface area contributed by atoms with E-state index in [-0.39, 0.29) is 11.7 Å². The van der Waals surface area contributed by atoms with Crippen molar-refractivity contribution in [2.45, 2.75) is 18.9 Å². The number of non-ortho nitro benzene ring substituents is 1. The second kappa shape index (κ2) is 8.48. The molecule has 0 unspecified atom stereocenters. The van der Waals surface area contributed by atoms with Crippen molar-refractivity contribution in [3.8, 4) is 0 Å². The molecule has 3 rings (SSSR count). The number of nitro benzene ring substituents is 1. The first-order valence-corrected chi connectivity index (χ1v) is 9.20. The first-order chi connectivity index (χ1) is 12.5. The number of nitrogens with one attached hydrogen (secondary N) is 3. The molecule has 0 saturated carbocycles. The molecule has 0 spiro atoms. The molecule has 2 heterocycles. The average Bonchev–Trinajstić information content (AvgIpc) is 3.31. The molecule has 1 atom stereocenters. The van der Waals surface area contributed by atoms with Crippen LogP contribution in [0.4, 0.5) is 11.4 Å². The summed E-state index contributed by atoms with van der Waals surface area (Å²) in [6.07, 6.45) is 4.09. The van der Waals surface area contributed by atoms with Crippen LogP contribution in [0.3, 0.4) is 0 Å². The Kier molecular flexibility index (Phi) is 6.08. The molecular formula is C17H20ClN4O3S+. The highest BCUT2D eigenvalue weighted by Gasteiger charge is 2.29. The number of anilines is 1. The van der Waals surface area contributed by atoms with Gasteiger partial charge >= 0.3 is 0 Å². The number of quaternary nitrogens is 1. The first kappa shape index (κ1) is 18.6. The van der Waals surface area contributed by atoms with E-state index < -0.39 is 4.92 Å². The van der Waals surface area contributed by atoms with Crippen molar-refractivity contribution in [3.63, 3.8) is 0 Å². The number of hydrogen-bond acceptors (Lipinski definition) is 4. The maximum Gasteiger partial charge on any atom is 0.271 e. The Balaban J connectivity index is 1.64. The third-order valence-electron chi connectivity index (χ3n) is 4.50. The van der Waals surface area contributed by atoms with Crippen LogP contribution in [0.1, 0.15) is 24.6 Å². The van der Waals surface area contributed by atoms with Crippen LogP contribution in [0.2, 0.25) is 5.02 Å². The van der Waals surface area contributed by atoms with Crippen LogP contribution in [-0.4, -0.2) is 29.7 Å². The highest BCUT2D eigenvalue weighted by Crippen LogP contribution is 2.26. The molecule has 7 nitrogen and oxygen atoms in total. The van der Waals surface area contributed by atoms with Gasteiger partial charge in [0.1, 0.15) is 0 Å². The maximum absolute atomic E-state index is 10.9. The standard InChI is InChI=1S/C17H19ClN4O3S/c18-13-6-5-12(22(23)24)10-14(13)20-17(26)19-11-15(16-4-3-9-25-16)21-7-1-2-8-21/h3-6,9-10,15H,1-2,7-8,11H2,(H2,19,20,26)/p+1/t15-/m1/s1. The molecule has 0 amide bonds. The van der Waals surface area contributed by atoms with Crippen molar-refractivity contribution >= 4 is 40.3 Å². The summed E-state index contributed by atoms with van der Waals surface area (Å²) in [5.74, 6) is 0.922. The number of likely N-dealkylation sites (tertiary alicyclic amines) is 1. The normalized spacial score (nSPS) is 15.6. The minimum Gasteiger partial charge on any atom is -0.463 e. The van der Waals surface area contributed by atoms with Gasteiger partial charge in [0.25, 0.3) is 5.69 Å². The quantitative estimate of drug-likeness (QED) is 0.396. The van der Waals surface area contributed by atoms with Gasteiger partial charge in [-0.1, -0.05) is 11.6 Å². The van der Waals surface area contributed by atoms with Crippen molar-refractivity contribution in [2.75, 3.05) is 25.0 Å². The molecule has 1 aliphatic heterocycles. The third kappa shape index (κ3) is 4.51. The molecule has 2 aromatic rings. The highest BCUT2D eigenvalue weighted by atomic mass is 35.5. The fourth-order valence-electron chi connectivity index (χ4n) is 3.20. The van der Waals surface area contributed by atoms with Gasteiger partial charge < -0.3 is 20.0 Å². The van der Waals surface area contributed by atoms with E-state index in [2.05, 4.69) is 10.6 Å². The molecule has 26 heavy (non-hydrogen) atoms. The molecule has 138 valence electrons. The molecular weight excluding hydrogens is 376 g/mol. The molecule has 0 bridgehead atoms. The number of thiocarbonyl (C=S) groups is 1. The molecule has 1 aliphatic rings. The van der Waals surface area contributed by atoms with E-state index in [9.17, 15) is 10.1 Å². The summed E-state index contributed by atoms with van der Waals surface area (Å²) in [5.41, 5.74) is 0.358. The lowest BCUT2D eigenvalue weighted by Crippen LogP contribution is -3.11. The van der Waals surface area contributed by atoms with E-state index >= 15 is 0 Å². The van der Waals surface area contributed by atoms with Crippen molar-refractivity contribution < 1.29 is 14.2 Å². The Morgan fingerprint density at radius 1 is 1.38 bits per heavy atom. The summed E-state index contributed by atoms with van der Waals surface area (Å²) in [6, 6.07) is 8.22. The lowest BCUT2D eigenvalue weighted by molar-refractivity contribution is -0.919. The SMILES string of the molecule is O=[N+]([O-])c1ccc(Cl)c(NC(=S)NC[C@H](c2ccco2)[NH+]2CCCC2)c1. The zero-order chi connectivity index (χ0) is 18.5. The van der Waals surface area contributed by atoms with Crippen molar-refractivity contribution in [1.82, 2.24) is 5.32 Å². The summed E-state index contributed by atoms with van der Waals surface area (Å²) >= 11 is 11.4. The minimum atomic E-state index is -0.471. The summed E-state index contributed by atoms with van der Waals surface area (Å²) in [7, 11) is 0. The number of nitrogens with zero attached hydrogens (tertiary/aromatic N) is 1. The smallest absolute Gasteiger partial charge is 0.271 e. The molecule has 1 aromatic carbocycles. The Morgan fingerprint density at radius 3 is 2.81 bits per heavy atom. The average molecular weight is 396 g/mol. The van der Waals surface area contributed by atoms with Gasteiger partial charge in [0.05, 0.1) is 41.5 Å². The van der Waals surface area contributed by atoms with Crippen LogP contribution >= 0.6 is 23.8 Å². The van der Waals surface area contributed by atoms with E-state index in [1.165, 1.54) is 35.9 Å². The second-order valence-electron chi connectivity index (χ2n) is 6.19. The van der Waals surface area contributed by atoms with Crippen LogP contribution in [0, 0.1) is 10.1 Å². The maximum atomic E-state index is 10.9.